The van der Waals surface area contributed by atoms with Crippen LogP contribution in [0.15, 0.2) is 59.4 Å². The van der Waals surface area contributed by atoms with Crippen LogP contribution in [0.4, 0.5) is 5.69 Å². The quantitative estimate of drug-likeness (QED) is 0.798. The normalized spacial score (nSPS) is 10.3. The second-order valence-electron chi connectivity index (χ2n) is 4.64. The number of hydrogen-bond donors (Lipinski definition) is 1. The lowest BCUT2D eigenvalue weighted by Crippen LogP contribution is -2.12. The number of benzene rings is 1. The van der Waals surface area contributed by atoms with Crippen LogP contribution in [-0.2, 0) is 0 Å². The zero-order valence-corrected chi connectivity index (χ0v) is 11.4. The molecule has 0 bridgehead atoms. The fourth-order valence-electron chi connectivity index (χ4n) is 1.87. The van der Waals surface area contributed by atoms with E-state index in [9.17, 15) is 4.79 Å². The molecule has 0 atom stereocenters. The molecular weight excluding hydrogens is 266 g/mol. The van der Waals surface area contributed by atoms with Crippen LogP contribution in [0.1, 0.15) is 16.1 Å². The Balaban J connectivity index is 1.78. The molecule has 1 aromatic carbocycles. The lowest BCUT2D eigenvalue weighted by Gasteiger charge is -2.00. The van der Waals surface area contributed by atoms with Crippen LogP contribution in [0.3, 0.4) is 0 Å². The molecule has 0 unspecified atom stereocenters. The van der Waals surface area contributed by atoms with Gasteiger partial charge in [0.15, 0.2) is 11.5 Å². The lowest BCUT2D eigenvalue weighted by atomic mass is 10.1. The molecule has 0 saturated carbocycles. The third kappa shape index (κ3) is 2.97. The minimum atomic E-state index is -0.329. The highest BCUT2D eigenvalue weighted by atomic mass is 16.5. The van der Waals surface area contributed by atoms with Gasteiger partial charge in [-0.1, -0.05) is 35.0 Å². The number of aromatic nitrogens is 2. The molecule has 21 heavy (non-hydrogen) atoms. The monoisotopic (exact) mass is 279 g/mol. The predicted octanol–water partition coefficient (Wildman–Crippen LogP) is 3.30. The summed E-state index contributed by atoms with van der Waals surface area (Å²) < 4.78 is 5.22. The fraction of sp³-hybridized carbons (Fsp3) is 0.0625. The maximum Gasteiger partial charge on any atom is 0.277 e. The van der Waals surface area contributed by atoms with Gasteiger partial charge in [-0.3, -0.25) is 9.78 Å². The third-order valence-corrected chi connectivity index (χ3v) is 3.00. The first kappa shape index (κ1) is 13.1. The summed E-state index contributed by atoms with van der Waals surface area (Å²) in [5.41, 5.74) is 2.89. The molecule has 0 aliphatic heterocycles. The smallest absolute Gasteiger partial charge is 0.277 e. The van der Waals surface area contributed by atoms with Crippen LogP contribution in [0.2, 0.25) is 0 Å². The average Bonchev–Trinajstić information content (AvgIpc) is 2.99. The third-order valence-electron chi connectivity index (χ3n) is 3.00. The molecule has 0 saturated heterocycles. The predicted molar refractivity (Wildman–Crippen MR) is 78.9 cm³/mol. The van der Waals surface area contributed by atoms with Crippen LogP contribution in [0.5, 0.6) is 0 Å². The van der Waals surface area contributed by atoms with E-state index in [0.29, 0.717) is 11.4 Å². The molecule has 2 aromatic heterocycles. The van der Waals surface area contributed by atoms with Crippen molar-refractivity contribution in [1.29, 1.82) is 0 Å². The van der Waals surface area contributed by atoms with Gasteiger partial charge in [-0.05, 0) is 19.1 Å². The van der Waals surface area contributed by atoms with E-state index in [2.05, 4.69) is 15.5 Å². The van der Waals surface area contributed by atoms with Gasteiger partial charge in [-0.25, -0.2) is 0 Å². The number of nitrogens with one attached hydrogen (secondary N) is 1. The Kier molecular flexibility index (Phi) is 3.47. The Hall–Kier alpha value is -2.95. The van der Waals surface area contributed by atoms with Gasteiger partial charge in [-0.15, -0.1) is 0 Å². The highest BCUT2D eigenvalue weighted by molar-refractivity contribution is 6.03. The van der Waals surface area contributed by atoms with Crippen molar-refractivity contribution in [3.63, 3.8) is 0 Å². The number of rotatable bonds is 3. The van der Waals surface area contributed by atoms with Crippen LogP contribution in [0, 0.1) is 6.92 Å². The first-order valence-electron chi connectivity index (χ1n) is 6.47. The Morgan fingerprint density at radius 2 is 2.00 bits per heavy atom. The van der Waals surface area contributed by atoms with Crippen molar-refractivity contribution in [2.24, 2.45) is 0 Å². The van der Waals surface area contributed by atoms with Crippen molar-refractivity contribution in [3.8, 4) is 11.3 Å². The zero-order valence-electron chi connectivity index (χ0n) is 11.4. The van der Waals surface area contributed by atoms with E-state index in [0.717, 1.165) is 11.1 Å². The first-order valence-corrected chi connectivity index (χ1v) is 6.47. The van der Waals surface area contributed by atoms with Crippen molar-refractivity contribution in [2.75, 3.05) is 5.32 Å². The minimum absolute atomic E-state index is 0.231. The minimum Gasteiger partial charge on any atom is -0.355 e. The van der Waals surface area contributed by atoms with E-state index in [4.69, 9.17) is 4.52 Å². The summed E-state index contributed by atoms with van der Waals surface area (Å²) in [7, 11) is 0. The SMILES string of the molecule is Cc1ccc(-c2cc(C(=O)Nc3cccnc3)no2)cc1. The molecule has 3 aromatic rings. The van der Waals surface area contributed by atoms with Crippen molar-refractivity contribution in [3.05, 3.63) is 66.1 Å². The second kappa shape index (κ2) is 5.58. The number of carbonyl (C=O) groups excluding carboxylic acids is 1. The number of carbonyl (C=O) groups is 1. The summed E-state index contributed by atoms with van der Waals surface area (Å²) in [6, 6.07) is 12.9. The zero-order chi connectivity index (χ0) is 14.7. The highest BCUT2D eigenvalue weighted by Gasteiger charge is 2.13. The molecule has 1 amide bonds. The molecule has 0 spiro atoms. The molecule has 1 N–H and O–H groups in total. The highest BCUT2D eigenvalue weighted by Crippen LogP contribution is 2.21. The Labute approximate surface area is 121 Å². The molecule has 0 aliphatic carbocycles. The van der Waals surface area contributed by atoms with Crippen molar-refractivity contribution < 1.29 is 9.32 Å². The van der Waals surface area contributed by atoms with Crippen LogP contribution >= 0.6 is 0 Å². The summed E-state index contributed by atoms with van der Waals surface area (Å²) in [6.45, 7) is 2.01. The van der Waals surface area contributed by atoms with E-state index in [-0.39, 0.29) is 11.6 Å². The average molecular weight is 279 g/mol. The van der Waals surface area contributed by atoms with Gasteiger partial charge in [-0.2, -0.15) is 0 Å². The molecule has 0 aliphatic rings. The number of aryl methyl sites for hydroxylation is 1. The maximum absolute atomic E-state index is 12.1. The van der Waals surface area contributed by atoms with Gasteiger partial charge in [0.05, 0.1) is 11.9 Å². The standard InChI is InChI=1S/C16H13N3O2/c1-11-4-6-12(7-5-11)15-9-14(19-21-15)16(20)18-13-3-2-8-17-10-13/h2-10H,1H3,(H,18,20). The Morgan fingerprint density at radius 1 is 1.19 bits per heavy atom. The number of pyridine rings is 1. The van der Waals surface area contributed by atoms with Gasteiger partial charge in [0.1, 0.15) is 0 Å². The fourth-order valence-corrected chi connectivity index (χ4v) is 1.87. The number of hydrogen-bond acceptors (Lipinski definition) is 4. The molecule has 104 valence electrons. The summed E-state index contributed by atoms with van der Waals surface area (Å²) >= 11 is 0. The second-order valence-corrected chi connectivity index (χ2v) is 4.64. The van der Waals surface area contributed by atoms with E-state index >= 15 is 0 Å². The molecule has 0 fully saturated rings. The van der Waals surface area contributed by atoms with Crippen LogP contribution in [-0.4, -0.2) is 16.0 Å². The van der Waals surface area contributed by atoms with Crippen molar-refractivity contribution in [2.45, 2.75) is 6.92 Å². The lowest BCUT2D eigenvalue weighted by molar-refractivity contribution is 0.101. The summed E-state index contributed by atoms with van der Waals surface area (Å²) in [5.74, 6) is 0.233. The van der Waals surface area contributed by atoms with Gasteiger partial charge in [0.2, 0.25) is 0 Å². The van der Waals surface area contributed by atoms with Gasteiger partial charge < -0.3 is 9.84 Å². The summed E-state index contributed by atoms with van der Waals surface area (Å²) in [5, 5.41) is 6.51. The van der Waals surface area contributed by atoms with Crippen molar-refractivity contribution >= 4 is 11.6 Å². The van der Waals surface area contributed by atoms with Crippen molar-refractivity contribution in [1.82, 2.24) is 10.1 Å². The Morgan fingerprint density at radius 3 is 2.71 bits per heavy atom. The van der Waals surface area contributed by atoms with E-state index in [1.807, 2.05) is 31.2 Å². The topological polar surface area (TPSA) is 68.0 Å². The van der Waals surface area contributed by atoms with Gasteiger partial charge >= 0.3 is 0 Å². The summed E-state index contributed by atoms with van der Waals surface area (Å²) in [6.07, 6.45) is 3.21. The molecule has 2 heterocycles. The molecule has 0 radical (unpaired) electrons. The van der Waals surface area contributed by atoms with Crippen LogP contribution < -0.4 is 5.32 Å². The largest absolute Gasteiger partial charge is 0.355 e. The van der Waals surface area contributed by atoms with E-state index < -0.39 is 0 Å². The molecular formula is C16H13N3O2. The number of anilines is 1. The van der Waals surface area contributed by atoms with E-state index in [1.54, 1.807) is 30.6 Å². The van der Waals surface area contributed by atoms with E-state index in [1.165, 1.54) is 0 Å². The summed E-state index contributed by atoms with van der Waals surface area (Å²) in [4.78, 5) is 16.0. The molecule has 3 rings (SSSR count). The molecule has 5 heteroatoms. The van der Waals surface area contributed by atoms with Gasteiger partial charge in [0.25, 0.3) is 5.91 Å². The van der Waals surface area contributed by atoms with Gasteiger partial charge in [0, 0.05) is 17.8 Å². The van der Waals surface area contributed by atoms with Crippen LogP contribution in [0.25, 0.3) is 11.3 Å². The Bertz CT molecular complexity index is 749. The number of amides is 1. The number of nitrogens with zero attached hydrogens (tertiary/aromatic N) is 2. The first-order chi connectivity index (χ1) is 10.2. The maximum atomic E-state index is 12.1. The molecule has 5 nitrogen and oxygen atoms in total.